The van der Waals surface area contributed by atoms with Crippen LogP contribution in [0, 0.1) is 0 Å². The minimum Gasteiger partial charge on any atom is -0.480 e. The van der Waals surface area contributed by atoms with Crippen LogP contribution < -0.4 is 5.32 Å². The molecule has 2 N–H and O–H groups in total. The second kappa shape index (κ2) is 7.47. The Kier molecular flexibility index (Phi) is 5.64. The lowest BCUT2D eigenvalue weighted by Crippen LogP contribution is -2.45. The van der Waals surface area contributed by atoms with Crippen molar-refractivity contribution < 1.29 is 19.4 Å². The van der Waals surface area contributed by atoms with Crippen molar-refractivity contribution in [3.05, 3.63) is 0 Å². The first-order chi connectivity index (χ1) is 9.66. The van der Waals surface area contributed by atoms with Gasteiger partial charge in [-0.2, -0.15) is 0 Å². The minimum absolute atomic E-state index is 0.102. The maximum Gasteiger partial charge on any atom is 0.323 e. The first-order valence-electron chi connectivity index (χ1n) is 7.54. The van der Waals surface area contributed by atoms with Crippen molar-refractivity contribution in [1.29, 1.82) is 0 Å². The largest absolute Gasteiger partial charge is 0.480 e. The van der Waals surface area contributed by atoms with Crippen LogP contribution >= 0.6 is 0 Å². The fourth-order valence-corrected chi connectivity index (χ4v) is 2.62. The number of carbonyl (C=O) groups is 2. The van der Waals surface area contributed by atoms with Crippen LogP contribution in [0.15, 0.2) is 0 Å². The van der Waals surface area contributed by atoms with E-state index in [2.05, 4.69) is 5.32 Å². The van der Waals surface area contributed by atoms with Gasteiger partial charge < -0.3 is 20.1 Å². The molecule has 0 aromatic carbocycles. The molecule has 2 aliphatic rings. The molecule has 2 fully saturated rings. The number of aliphatic carboxylic acids is 1. The lowest BCUT2D eigenvalue weighted by atomic mass is 9.98. The fourth-order valence-electron chi connectivity index (χ4n) is 2.62. The summed E-state index contributed by atoms with van der Waals surface area (Å²) in [5.41, 5.74) is 0. The van der Waals surface area contributed by atoms with Crippen LogP contribution in [0.2, 0.25) is 0 Å². The Morgan fingerprint density at radius 3 is 2.45 bits per heavy atom. The van der Waals surface area contributed by atoms with E-state index >= 15 is 0 Å². The molecule has 0 aliphatic heterocycles. The molecule has 0 radical (unpaired) electrons. The number of urea groups is 1. The Hall–Kier alpha value is -1.30. The summed E-state index contributed by atoms with van der Waals surface area (Å²) in [5, 5.41) is 11.6. The van der Waals surface area contributed by atoms with Gasteiger partial charge in [0.15, 0.2) is 0 Å². The molecule has 0 unspecified atom stereocenters. The Balaban J connectivity index is 1.61. The summed E-state index contributed by atoms with van der Waals surface area (Å²) >= 11 is 0. The molecule has 6 heteroatoms. The molecular weight excluding hydrogens is 260 g/mol. The van der Waals surface area contributed by atoms with E-state index in [1.165, 1.54) is 24.2 Å². The van der Waals surface area contributed by atoms with Crippen LogP contribution in [0.3, 0.4) is 0 Å². The van der Waals surface area contributed by atoms with E-state index in [0.29, 0.717) is 19.3 Å². The predicted octanol–water partition coefficient (Wildman–Crippen LogP) is 1.59. The van der Waals surface area contributed by atoms with Crippen molar-refractivity contribution in [3.63, 3.8) is 0 Å². The van der Waals surface area contributed by atoms with Gasteiger partial charge in [0.25, 0.3) is 0 Å². The molecule has 0 spiro atoms. The van der Waals surface area contributed by atoms with E-state index < -0.39 is 5.97 Å². The van der Waals surface area contributed by atoms with Gasteiger partial charge in [0.2, 0.25) is 0 Å². The number of hydrogen-bond acceptors (Lipinski definition) is 3. The number of nitrogens with zero attached hydrogens (tertiary/aromatic N) is 1. The van der Waals surface area contributed by atoms with Gasteiger partial charge in [-0.25, -0.2) is 4.79 Å². The molecule has 0 heterocycles. The summed E-state index contributed by atoms with van der Waals surface area (Å²) in [5.74, 6) is -0.967. The SMILES string of the molecule is O=C(O)CN(C(=O)NCCOC1CCCCC1)C1CC1. The van der Waals surface area contributed by atoms with Crippen molar-refractivity contribution in [2.75, 3.05) is 19.7 Å². The number of hydrogen-bond donors (Lipinski definition) is 2. The number of ether oxygens (including phenoxy) is 1. The molecule has 0 aromatic rings. The predicted molar refractivity (Wildman–Crippen MR) is 73.6 cm³/mol. The van der Waals surface area contributed by atoms with Crippen LogP contribution in [-0.4, -0.2) is 53.8 Å². The first kappa shape index (κ1) is 15.1. The molecule has 114 valence electrons. The highest BCUT2D eigenvalue weighted by Crippen LogP contribution is 2.26. The Labute approximate surface area is 119 Å². The lowest BCUT2D eigenvalue weighted by molar-refractivity contribution is -0.137. The fraction of sp³-hybridized carbons (Fsp3) is 0.857. The number of carboxylic acids is 1. The van der Waals surface area contributed by atoms with E-state index in [0.717, 1.165) is 25.7 Å². The molecule has 2 saturated carbocycles. The normalized spacial score (nSPS) is 19.6. The van der Waals surface area contributed by atoms with Crippen LogP contribution in [0.25, 0.3) is 0 Å². The van der Waals surface area contributed by atoms with Crippen LogP contribution in [0.1, 0.15) is 44.9 Å². The zero-order valence-electron chi connectivity index (χ0n) is 11.8. The Bertz CT molecular complexity index is 338. The molecule has 0 saturated heterocycles. The molecule has 6 nitrogen and oxygen atoms in total. The minimum atomic E-state index is -0.967. The van der Waals surface area contributed by atoms with Crippen molar-refractivity contribution in [3.8, 4) is 0 Å². The maximum atomic E-state index is 11.9. The zero-order valence-corrected chi connectivity index (χ0v) is 11.8. The summed E-state index contributed by atoms with van der Waals surface area (Å²) in [7, 11) is 0. The smallest absolute Gasteiger partial charge is 0.323 e. The van der Waals surface area contributed by atoms with Crippen LogP contribution in [0.4, 0.5) is 4.79 Å². The Morgan fingerprint density at radius 1 is 1.15 bits per heavy atom. The van der Waals surface area contributed by atoms with E-state index in [9.17, 15) is 9.59 Å². The third kappa shape index (κ3) is 5.00. The van der Waals surface area contributed by atoms with Gasteiger partial charge >= 0.3 is 12.0 Å². The van der Waals surface area contributed by atoms with Gasteiger partial charge in [0.1, 0.15) is 6.54 Å². The van der Waals surface area contributed by atoms with Crippen molar-refractivity contribution in [1.82, 2.24) is 10.2 Å². The number of carbonyl (C=O) groups excluding carboxylic acids is 1. The molecule has 0 bridgehead atoms. The van der Waals surface area contributed by atoms with Gasteiger partial charge in [-0.1, -0.05) is 19.3 Å². The standard InChI is InChI=1S/C14H24N2O4/c17-13(18)10-16(11-6-7-11)14(19)15-8-9-20-12-4-2-1-3-5-12/h11-12H,1-10H2,(H,15,19)(H,17,18). The summed E-state index contributed by atoms with van der Waals surface area (Å²) in [4.78, 5) is 24.0. The number of amides is 2. The highest BCUT2D eigenvalue weighted by molar-refractivity contribution is 5.80. The number of rotatable bonds is 7. The van der Waals surface area contributed by atoms with Gasteiger partial charge in [-0.05, 0) is 25.7 Å². The van der Waals surface area contributed by atoms with E-state index in [1.54, 1.807) is 0 Å². The summed E-state index contributed by atoms with van der Waals surface area (Å²) < 4.78 is 5.72. The Morgan fingerprint density at radius 2 is 1.85 bits per heavy atom. The second-order valence-corrected chi connectivity index (χ2v) is 5.62. The average Bonchev–Trinajstić information content (AvgIpc) is 3.26. The van der Waals surface area contributed by atoms with E-state index in [1.807, 2.05) is 0 Å². The first-order valence-corrected chi connectivity index (χ1v) is 7.54. The molecular formula is C14H24N2O4. The zero-order chi connectivity index (χ0) is 14.4. The molecule has 20 heavy (non-hydrogen) atoms. The monoisotopic (exact) mass is 284 g/mol. The van der Waals surface area contributed by atoms with E-state index in [-0.39, 0.29) is 18.6 Å². The van der Waals surface area contributed by atoms with Gasteiger partial charge in [0, 0.05) is 12.6 Å². The third-order valence-corrected chi connectivity index (χ3v) is 3.84. The summed E-state index contributed by atoms with van der Waals surface area (Å²) in [6, 6.07) is -0.187. The molecule has 0 aromatic heterocycles. The second-order valence-electron chi connectivity index (χ2n) is 5.62. The quantitative estimate of drug-likeness (QED) is 0.696. The van der Waals surface area contributed by atoms with Gasteiger partial charge in [0.05, 0.1) is 12.7 Å². The van der Waals surface area contributed by atoms with E-state index in [4.69, 9.17) is 9.84 Å². The third-order valence-electron chi connectivity index (χ3n) is 3.84. The molecule has 0 atom stereocenters. The lowest BCUT2D eigenvalue weighted by Gasteiger charge is -2.23. The molecule has 2 amide bonds. The highest BCUT2D eigenvalue weighted by atomic mass is 16.5. The molecule has 2 aliphatic carbocycles. The summed E-state index contributed by atoms with van der Waals surface area (Å²) in [6.45, 7) is 0.722. The van der Waals surface area contributed by atoms with Crippen molar-refractivity contribution >= 4 is 12.0 Å². The van der Waals surface area contributed by atoms with Gasteiger partial charge in [-0.3, -0.25) is 4.79 Å². The number of nitrogens with one attached hydrogen (secondary N) is 1. The number of carboxylic acid groups (broad SMARTS) is 1. The average molecular weight is 284 g/mol. The van der Waals surface area contributed by atoms with Crippen molar-refractivity contribution in [2.45, 2.75) is 57.1 Å². The van der Waals surface area contributed by atoms with Gasteiger partial charge in [-0.15, -0.1) is 0 Å². The van der Waals surface area contributed by atoms with Crippen LogP contribution in [0.5, 0.6) is 0 Å². The van der Waals surface area contributed by atoms with Crippen LogP contribution in [-0.2, 0) is 9.53 Å². The maximum absolute atomic E-state index is 11.9. The summed E-state index contributed by atoms with van der Waals surface area (Å²) in [6.07, 6.45) is 8.11. The van der Waals surface area contributed by atoms with Crippen molar-refractivity contribution in [2.24, 2.45) is 0 Å². The highest BCUT2D eigenvalue weighted by Gasteiger charge is 2.33. The molecule has 2 rings (SSSR count). The topological polar surface area (TPSA) is 78.9 Å².